The number of hydrogen-bond donors (Lipinski definition) is 2. The summed E-state index contributed by atoms with van der Waals surface area (Å²) in [7, 11) is 0. The molecule has 1 aromatic heterocycles. The lowest BCUT2D eigenvalue weighted by atomic mass is 9.84. The van der Waals surface area contributed by atoms with E-state index in [9.17, 15) is 18.0 Å². The molecule has 1 saturated heterocycles. The van der Waals surface area contributed by atoms with E-state index in [1.807, 2.05) is 0 Å². The van der Waals surface area contributed by atoms with Crippen molar-refractivity contribution in [2.75, 3.05) is 31.7 Å². The molecule has 0 bridgehead atoms. The van der Waals surface area contributed by atoms with Crippen LogP contribution in [-0.4, -0.2) is 59.0 Å². The molecule has 0 spiro atoms. The van der Waals surface area contributed by atoms with Crippen molar-refractivity contribution in [3.8, 4) is 5.88 Å². The Morgan fingerprint density at radius 2 is 2.06 bits per heavy atom. The largest absolute Gasteiger partial charge is 0.476 e. The molecule has 1 saturated carbocycles. The molecule has 1 amide bonds. The summed E-state index contributed by atoms with van der Waals surface area (Å²) >= 11 is 0.899. The van der Waals surface area contributed by atoms with E-state index in [1.54, 1.807) is 0 Å². The number of anilines is 1. The monoisotopic (exact) mass is 497 g/mol. The van der Waals surface area contributed by atoms with Gasteiger partial charge in [0.1, 0.15) is 16.3 Å². The Morgan fingerprint density at radius 1 is 1.26 bits per heavy atom. The van der Waals surface area contributed by atoms with Crippen molar-refractivity contribution >= 4 is 28.5 Å². The summed E-state index contributed by atoms with van der Waals surface area (Å²) in [6, 6.07) is 3.79. The fourth-order valence-electron chi connectivity index (χ4n) is 3.94. The molecule has 2 aliphatic heterocycles. The number of carbonyl (C=O) groups excluding carboxylic acids is 1. The number of fused-ring (bicyclic) bond motifs is 1. The third kappa shape index (κ3) is 3.96. The summed E-state index contributed by atoms with van der Waals surface area (Å²) in [5.41, 5.74) is 3.97. The van der Waals surface area contributed by atoms with E-state index >= 15 is 4.39 Å². The number of benzene rings is 1. The average Bonchev–Trinajstić information content (AvgIpc) is 3.27. The summed E-state index contributed by atoms with van der Waals surface area (Å²) in [5, 5.41) is 2.69. The molecule has 3 aliphatic rings. The van der Waals surface area contributed by atoms with Crippen LogP contribution in [0.25, 0.3) is 0 Å². The Balaban J connectivity index is 1.31. The molecule has 3 N–H and O–H groups in total. The van der Waals surface area contributed by atoms with Gasteiger partial charge in [-0.25, -0.2) is 27.5 Å². The molecule has 2 fully saturated rings. The number of aromatic nitrogens is 2. The third-order valence-corrected chi connectivity index (χ3v) is 7.42. The van der Waals surface area contributed by atoms with Crippen LogP contribution in [0.2, 0.25) is 0 Å². The number of nitrogens with two attached hydrogens (primary N) is 1. The second-order valence-corrected chi connectivity index (χ2v) is 9.72. The number of thioether (sulfide) groups is 1. The van der Waals surface area contributed by atoms with Crippen molar-refractivity contribution in [1.29, 1.82) is 0 Å². The van der Waals surface area contributed by atoms with E-state index in [0.717, 1.165) is 30.2 Å². The van der Waals surface area contributed by atoms with E-state index in [4.69, 9.17) is 15.2 Å². The number of amides is 1. The maximum Gasteiger partial charge on any atom is 0.275 e. The first-order valence-corrected chi connectivity index (χ1v) is 11.1. The van der Waals surface area contributed by atoms with Gasteiger partial charge in [0.15, 0.2) is 10.8 Å². The highest BCUT2D eigenvalue weighted by Gasteiger charge is 2.62. The highest BCUT2D eigenvalue weighted by Crippen LogP contribution is 2.55. The van der Waals surface area contributed by atoms with Crippen LogP contribution in [0.3, 0.4) is 0 Å². The average molecular weight is 497 g/mol. The summed E-state index contributed by atoms with van der Waals surface area (Å²) in [6.07, 6.45) is 2.05. The molecular weight excluding hydrogens is 478 g/mol. The van der Waals surface area contributed by atoms with Crippen LogP contribution in [0, 0.1) is 11.7 Å². The number of nitrogens with zero attached hydrogens (tertiary/aromatic N) is 3. The first kappa shape index (κ1) is 22.8. The zero-order valence-corrected chi connectivity index (χ0v) is 18.4. The van der Waals surface area contributed by atoms with Crippen LogP contribution in [-0.2, 0) is 9.48 Å². The minimum absolute atomic E-state index is 0.000130. The van der Waals surface area contributed by atoms with Crippen molar-refractivity contribution in [1.82, 2.24) is 9.97 Å². The molecule has 5 rings (SSSR count). The van der Waals surface area contributed by atoms with Crippen LogP contribution < -0.4 is 15.8 Å². The van der Waals surface area contributed by atoms with Crippen molar-refractivity contribution in [3.63, 3.8) is 0 Å². The van der Waals surface area contributed by atoms with Gasteiger partial charge in [0.2, 0.25) is 5.88 Å². The van der Waals surface area contributed by atoms with Gasteiger partial charge >= 0.3 is 0 Å². The van der Waals surface area contributed by atoms with Gasteiger partial charge in [0, 0.05) is 17.7 Å². The molecule has 1 unspecified atom stereocenters. The molecule has 0 radical (unpaired) electrons. The lowest BCUT2D eigenvalue weighted by molar-refractivity contribution is 0.0849. The summed E-state index contributed by atoms with van der Waals surface area (Å²) < 4.78 is 65.5. The van der Waals surface area contributed by atoms with Gasteiger partial charge in [0.05, 0.1) is 44.7 Å². The van der Waals surface area contributed by atoms with Gasteiger partial charge < -0.3 is 20.5 Å². The Morgan fingerprint density at radius 3 is 2.76 bits per heavy atom. The number of nitrogens with one attached hydrogen (secondary N) is 1. The predicted octanol–water partition coefficient (Wildman–Crippen LogP) is 2.90. The van der Waals surface area contributed by atoms with Crippen LogP contribution in [0.1, 0.15) is 22.5 Å². The van der Waals surface area contributed by atoms with E-state index in [1.165, 1.54) is 12.1 Å². The second kappa shape index (κ2) is 8.08. The minimum atomic E-state index is -2.71. The number of aliphatic imine (C=N–C) groups is 1. The van der Waals surface area contributed by atoms with Crippen molar-refractivity contribution in [2.24, 2.45) is 16.6 Å². The van der Waals surface area contributed by atoms with Gasteiger partial charge in [-0.3, -0.25) is 9.79 Å². The maximum absolute atomic E-state index is 15.7. The summed E-state index contributed by atoms with van der Waals surface area (Å²) in [6.45, 7) is -0.821. The minimum Gasteiger partial charge on any atom is -0.476 e. The Hall–Kier alpha value is -2.93. The van der Waals surface area contributed by atoms with Crippen LogP contribution >= 0.6 is 11.8 Å². The molecule has 180 valence electrons. The SMILES string of the molecule is NC1=NC[C@@]2(F)COC[C@]2(c2cc(NC(=O)c3cnc(OCC4CC4(F)F)cn3)ccc2F)S1. The second-order valence-electron chi connectivity index (χ2n) is 8.40. The van der Waals surface area contributed by atoms with Crippen molar-refractivity contribution in [3.05, 3.63) is 47.7 Å². The summed E-state index contributed by atoms with van der Waals surface area (Å²) in [4.78, 5) is 24.4. The zero-order chi connectivity index (χ0) is 24.1. The first-order chi connectivity index (χ1) is 16.1. The topological polar surface area (TPSA) is 112 Å². The summed E-state index contributed by atoms with van der Waals surface area (Å²) in [5.74, 6) is -4.87. The van der Waals surface area contributed by atoms with Crippen molar-refractivity contribution in [2.45, 2.75) is 22.8 Å². The molecule has 13 heteroatoms. The fraction of sp³-hybridized carbons (Fsp3) is 0.429. The first-order valence-electron chi connectivity index (χ1n) is 10.3. The molecule has 8 nitrogen and oxygen atoms in total. The number of halogens is 4. The highest BCUT2D eigenvalue weighted by molar-refractivity contribution is 8.14. The number of amidine groups is 1. The van der Waals surface area contributed by atoms with Gasteiger partial charge in [-0.1, -0.05) is 11.8 Å². The molecule has 3 atom stereocenters. The van der Waals surface area contributed by atoms with E-state index < -0.39 is 34.0 Å². The molecule has 34 heavy (non-hydrogen) atoms. The molecule has 1 aromatic carbocycles. The standard InChI is InChI=1S/C21H19F4N5O3S/c22-14-2-1-12(3-13(14)20-10-32-9-19(20,23)8-29-18(26)34-20)30-17(31)15-5-28-16(6-27-15)33-7-11-4-21(11,24)25/h1-3,5-6,11H,4,7-10H2,(H2,26,29)(H,30,31)/t11?,19-,20-/m1/s1. The predicted molar refractivity (Wildman–Crippen MR) is 115 cm³/mol. The van der Waals surface area contributed by atoms with E-state index in [-0.39, 0.29) is 60.8 Å². The Bertz CT molecular complexity index is 1170. The van der Waals surface area contributed by atoms with Gasteiger partial charge in [-0.05, 0) is 18.2 Å². The lowest BCUT2D eigenvalue weighted by Crippen LogP contribution is -2.52. The van der Waals surface area contributed by atoms with Gasteiger partial charge in [-0.2, -0.15) is 0 Å². The van der Waals surface area contributed by atoms with Crippen LogP contribution in [0.15, 0.2) is 35.6 Å². The third-order valence-electron chi connectivity index (χ3n) is 6.03. The number of ether oxygens (including phenoxy) is 2. The normalized spacial score (nSPS) is 29.2. The van der Waals surface area contributed by atoms with Gasteiger partial charge in [0.25, 0.3) is 11.8 Å². The smallest absolute Gasteiger partial charge is 0.275 e. The molecule has 1 aliphatic carbocycles. The molecule has 3 heterocycles. The van der Waals surface area contributed by atoms with Crippen LogP contribution in [0.5, 0.6) is 5.88 Å². The zero-order valence-electron chi connectivity index (χ0n) is 17.6. The van der Waals surface area contributed by atoms with Crippen LogP contribution in [0.4, 0.5) is 23.2 Å². The van der Waals surface area contributed by atoms with E-state index in [0.29, 0.717) is 0 Å². The van der Waals surface area contributed by atoms with Crippen molar-refractivity contribution < 1.29 is 31.8 Å². The number of carbonyl (C=O) groups is 1. The fourth-order valence-corrected chi connectivity index (χ4v) is 5.14. The van der Waals surface area contributed by atoms with E-state index in [2.05, 4.69) is 20.3 Å². The number of alkyl halides is 3. The molecule has 2 aromatic rings. The highest BCUT2D eigenvalue weighted by atomic mass is 32.2. The Labute approximate surface area is 195 Å². The maximum atomic E-state index is 15.7. The molecular formula is C21H19F4N5O3S. The van der Waals surface area contributed by atoms with Gasteiger partial charge in [-0.15, -0.1) is 0 Å². The number of hydrogen-bond acceptors (Lipinski definition) is 8. The lowest BCUT2D eigenvalue weighted by Gasteiger charge is -2.40. The number of rotatable bonds is 6. The Kier molecular flexibility index (Phi) is 5.43. The quantitative estimate of drug-likeness (QED) is 0.591.